The Balaban J connectivity index is 1.85. The zero-order valence-electron chi connectivity index (χ0n) is 14.1. The third-order valence-electron chi connectivity index (χ3n) is 3.67. The highest BCUT2D eigenvalue weighted by Crippen LogP contribution is 2.29. The number of nitrogens with one attached hydrogen (secondary N) is 1. The van der Waals surface area contributed by atoms with E-state index < -0.39 is 15.7 Å². The lowest BCUT2D eigenvalue weighted by Gasteiger charge is -2.06. The zero-order chi connectivity index (χ0) is 18.7. The molecule has 0 aliphatic heterocycles. The monoisotopic (exact) mass is 388 g/mol. The standard InChI is InChI=1S/C17H16N4O3S2/c1-11-14(25-17(19-11)12-6-4-3-5-7-12)10-18-16-13(21(22)23)8-9-15(20-16)26(2)24/h3-9H,10H2,1-2H3,(H,18,20). The molecule has 0 saturated carbocycles. The molecule has 0 aliphatic carbocycles. The van der Waals surface area contributed by atoms with Crippen LogP contribution in [0, 0.1) is 17.0 Å². The summed E-state index contributed by atoms with van der Waals surface area (Å²) >= 11 is 1.53. The van der Waals surface area contributed by atoms with E-state index >= 15 is 0 Å². The summed E-state index contributed by atoms with van der Waals surface area (Å²) < 4.78 is 11.6. The summed E-state index contributed by atoms with van der Waals surface area (Å²) in [6.45, 7) is 2.25. The molecule has 0 aliphatic rings. The molecular formula is C17H16N4O3S2. The van der Waals surface area contributed by atoms with Gasteiger partial charge in [-0.15, -0.1) is 11.3 Å². The number of benzene rings is 1. The molecule has 7 nitrogen and oxygen atoms in total. The van der Waals surface area contributed by atoms with E-state index in [9.17, 15) is 14.3 Å². The molecule has 0 saturated heterocycles. The lowest BCUT2D eigenvalue weighted by Crippen LogP contribution is -2.06. The molecule has 2 heterocycles. The van der Waals surface area contributed by atoms with Crippen LogP contribution in [0.15, 0.2) is 47.5 Å². The average molecular weight is 388 g/mol. The highest BCUT2D eigenvalue weighted by Gasteiger charge is 2.18. The number of nitro groups is 1. The molecule has 0 bridgehead atoms. The molecule has 1 atom stereocenters. The van der Waals surface area contributed by atoms with Crippen LogP contribution in [0.2, 0.25) is 0 Å². The molecule has 0 radical (unpaired) electrons. The molecule has 134 valence electrons. The predicted molar refractivity (Wildman–Crippen MR) is 103 cm³/mol. The third-order valence-corrected chi connectivity index (χ3v) is 5.69. The molecule has 2 aromatic heterocycles. The van der Waals surface area contributed by atoms with E-state index in [-0.39, 0.29) is 11.5 Å². The van der Waals surface area contributed by atoms with E-state index in [1.807, 2.05) is 37.3 Å². The molecule has 0 spiro atoms. The molecule has 0 fully saturated rings. The molecular weight excluding hydrogens is 372 g/mol. The number of hydrogen-bond donors (Lipinski definition) is 1. The maximum atomic E-state index is 11.6. The smallest absolute Gasteiger partial charge is 0.311 e. The zero-order valence-corrected chi connectivity index (χ0v) is 15.8. The van der Waals surface area contributed by atoms with E-state index in [4.69, 9.17) is 0 Å². The molecule has 26 heavy (non-hydrogen) atoms. The number of rotatable bonds is 6. The molecule has 3 rings (SSSR count). The van der Waals surface area contributed by atoms with Gasteiger partial charge in [-0.05, 0) is 13.0 Å². The van der Waals surface area contributed by atoms with Gasteiger partial charge in [0.15, 0.2) is 0 Å². The Bertz CT molecular complexity index is 973. The van der Waals surface area contributed by atoms with Crippen LogP contribution in [0.25, 0.3) is 10.6 Å². The second kappa shape index (κ2) is 7.71. The Kier molecular flexibility index (Phi) is 5.38. The van der Waals surface area contributed by atoms with Crippen LogP contribution in [0.4, 0.5) is 11.5 Å². The van der Waals surface area contributed by atoms with Gasteiger partial charge in [0.1, 0.15) is 10.0 Å². The fraction of sp³-hybridized carbons (Fsp3) is 0.176. The highest BCUT2D eigenvalue weighted by molar-refractivity contribution is 7.84. The molecule has 1 N–H and O–H groups in total. The average Bonchev–Trinajstić information content (AvgIpc) is 3.01. The van der Waals surface area contributed by atoms with Crippen molar-refractivity contribution in [2.75, 3.05) is 11.6 Å². The van der Waals surface area contributed by atoms with Gasteiger partial charge in [0.25, 0.3) is 0 Å². The lowest BCUT2D eigenvalue weighted by molar-refractivity contribution is -0.384. The van der Waals surface area contributed by atoms with Gasteiger partial charge in [0.2, 0.25) is 5.82 Å². The van der Waals surface area contributed by atoms with Crippen molar-refractivity contribution in [3.63, 3.8) is 0 Å². The van der Waals surface area contributed by atoms with Crippen molar-refractivity contribution in [3.05, 3.63) is 63.1 Å². The minimum atomic E-state index is -1.32. The summed E-state index contributed by atoms with van der Waals surface area (Å²) in [7, 11) is -1.32. The fourth-order valence-corrected chi connectivity index (χ4v) is 3.82. The fourth-order valence-electron chi connectivity index (χ4n) is 2.33. The van der Waals surface area contributed by atoms with Gasteiger partial charge in [-0.3, -0.25) is 14.3 Å². The third kappa shape index (κ3) is 3.94. The minimum absolute atomic E-state index is 0.108. The summed E-state index contributed by atoms with van der Waals surface area (Å²) in [6, 6.07) is 12.6. The number of pyridine rings is 1. The topological polar surface area (TPSA) is 98.0 Å². The molecule has 1 unspecified atom stereocenters. The summed E-state index contributed by atoms with van der Waals surface area (Å²) in [5, 5.41) is 15.4. The van der Waals surface area contributed by atoms with Crippen molar-refractivity contribution in [2.24, 2.45) is 0 Å². The number of aromatic nitrogens is 2. The summed E-state index contributed by atoms with van der Waals surface area (Å²) in [5.41, 5.74) is 1.74. The lowest BCUT2D eigenvalue weighted by atomic mass is 10.2. The predicted octanol–water partition coefficient (Wildman–Crippen LogP) is 3.77. The maximum Gasteiger partial charge on any atom is 0.311 e. The van der Waals surface area contributed by atoms with Crippen molar-refractivity contribution in [3.8, 4) is 10.6 Å². The van der Waals surface area contributed by atoms with Gasteiger partial charge in [-0.25, -0.2) is 9.97 Å². The Morgan fingerprint density at radius 2 is 1.92 bits per heavy atom. The van der Waals surface area contributed by atoms with Crippen molar-refractivity contribution in [1.29, 1.82) is 0 Å². The second-order valence-corrected chi connectivity index (χ2v) is 7.89. The van der Waals surface area contributed by atoms with Crippen LogP contribution >= 0.6 is 11.3 Å². The van der Waals surface area contributed by atoms with E-state index in [0.29, 0.717) is 11.6 Å². The van der Waals surface area contributed by atoms with Gasteiger partial charge in [0.05, 0.1) is 28.0 Å². The van der Waals surface area contributed by atoms with Gasteiger partial charge in [-0.2, -0.15) is 0 Å². The SMILES string of the molecule is Cc1nc(-c2ccccc2)sc1CNc1nc(S(C)=O)ccc1[N+](=O)[O-]. The molecule has 3 aromatic rings. The van der Waals surface area contributed by atoms with E-state index in [1.54, 1.807) is 0 Å². The number of hydrogen-bond acceptors (Lipinski definition) is 7. The molecule has 0 amide bonds. The van der Waals surface area contributed by atoms with E-state index in [1.165, 1.54) is 29.7 Å². The van der Waals surface area contributed by atoms with E-state index in [2.05, 4.69) is 15.3 Å². The first kappa shape index (κ1) is 18.2. The Hall–Kier alpha value is -2.65. The minimum Gasteiger partial charge on any atom is -0.359 e. The molecule has 1 aromatic carbocycles. The maximum absolute atomic E-state index is 11.6. The summed E-state index contributed by atoms with van der Waals surface area (Å²) in [4.78, 5) is 20.4. The van der Waals surface area contributed by atoms with Gasteiger partial charge < -0.3 is 5.32 Å². The van der Waals surface area contributed by atoms with Crippen LogP contribution in [0.1, 0.15) is 10.6 Å². The van der Waals surface area contributed by atoms with Crippen LogP contribution in [-0.2, 0) is 17.3 Å². The van der Waals surface area contributed by atoms with Crippen LogP contribution < -0.4 is 5.32 Å². The first-order chi connectivity index (χ1) is 12.5. The first-order valence-corrected chi connectivity index (χ1v) is 10.1. The first-order valence-electron chi connectivity index (χ1n) is 7.70. The van der Waals surface area contributed by atoms with Crippen LogP contribution in [0.3, 0.4) is 0 Å². The Morgan fingerprint density at radius 1 is 1.19 bits per heavy atom. The van der Waals surface area contributed by atoms with Crippen LogP contribution in [0.5, 0.6) is 0 Å². The second-order valence-electron chi connectivity index (χ2n) is 5.48. The van der Waals surface area contributed by atoms with Crippen molar-refractivity contribution in [1.82, 2.24) is 9.97 Å². The summed E-state index contributed by atoms with van der Waals surface area (Å²) in [5.74, 6) is 0.108. The summed E-state index contributed by atoms with van der Waals surface area (Å²) in [6.07, 6.45) is 1.48. The number of aryl methyl sites for hydroxylation is 1. The van der Waals surface area contributed by atoms with Gasteiger partial charge in [-0.1, -0.05) is 30.3 Å². The van der Waals surface area contributed by atoms with Crippen molar-refractivity contribution < 1.29 is 9.13 Å². The Labute approximate surface area is 156 Å². The number of thiazole rings is 1. The van der Waals surface area contributed by atoms with Crippen molar-refractivity contribution in [2.45, 2.75) is 18.5 Å². The van der Waals surface area contributed by atoms with Gasteiger partial charge >= 0.3 is 5.69 Å². The van der Waals surface area contributed by atoms with Gasteiger partial charge in [0, 0.05) is 22.8 Å². The Morgan fingerprint density at radius 3 is 2.58 bits per heavy atom. The largest absolute Gasteiger partial charge is 0.359 e. The quantitative estimate of drug-likeness (QED) is 0.510. The number of anilines is 1. The number of nitrogens with zero attached hydrogens (tertiary/aromatic N) is 3. The van der Waals surface area contributed by atoms with E-state index in [0.717, 1.165) is 21.1 Å². The normalized spacial score (nSPS) is 11.9. The van der Waals surface area contributed by atoms with Crippen molar-refractivity contribution >= 4 is 33.6 Å². The van der Waals surface area contributed by atoms with Crippen LogP contribution in [-0.4, -0.2) is 25.4 Å². The molecule has 9 heteroatoms. The highest BCUT2D eigenvalue weighted by atomic mass is 32.2.